The van der Waals surface area contributed by atoms with Gasteiger partial charge in [0.05, 0.1) is 6.20 Å². The van der Waals surface area contributed by atoms with Crippen molar-refractivity contribution in [3.63, 3.8) is 0 Å². The van der Waals surface area contributed by atoms with Crippen LogP contribution < -0.4 is 0 Å². The minimum absolute atomic E-state index is 0.595. The van der Waals surface area contributed by atoms with Gasteiger partial charge in [0, 0.05) is 49.2 Å². The zero-order chi connectivity index (χ0) is 13.1. The van der Waals surface area contributed by atoms with E-state index < -0.39 is 0 Å². The van der Waals surface area contributed by atoms with Gasteiger partial charge in [-0.2, -0.15) is 10.2 Å². The highest BCUT2D eigenvalue weighted by Gasteiger charge is 2.22. The standard InChI is InChI=1S/C14H21N5/c1-2-19-10-12(8-16-19)9-18-7-3-4-13(11-18)14-5-6-15-17-14/h5-6,8,10,13H,2-4,7,9,11H2,1H3,(H,15,17)/t13-/m1/s1. The lowest BCUT2D eigenvalue weighted by Gasteiger charge is -2.31. The van der Waals surface area contributed by atoms with Crippen LogP contribution in [0, 0.1) is 0 Å². The van der Waals surface area contributed by atoms with E-state index in [2.05, 4.69) is 39.4 Å². The third-order valence-electron chi connectivity index (χ3n) is 3.88. The summed E-state index contributed by atoms with van der Waals surface area (Å²) < 4.78 is 1.99. The molecule has 0 unspecified atom stereocenters. The van der Waals surface area contributed by atoms with Crippen LogP contribution in [0.1, 0.15) is 36.9 Å². The summed E-state index contributed by atoms with van der Waals surface area (Å²) in [5.41, 5.74) is 2.58. The Morgan fingerprint density at radius 2 is 2.42 bits per heavy atom. The number of hydrogen-bond donors (Lipinski definition) is 1. The molecule has 2 aromatic heterocycles. The lowest BCUT2D eigenvalue weighted by molar-refractivity contribution is 0.198. The highest BCUT2D eigenvalue weighted by molar-refractivity contribution is 5.09. The van der Waals surface area contributed by atoms with Crippen molar-refractivity contribution in [3.05, 3.63) is 35.9 Å². The lowest BCUT2D eigenvalue weighted by atomic mass is 9.95. The summed E-state index contributed by atoms with van der Waals surface area (Å²) in [6.07, 6.45) is 8.50. The zero-order valence-electron chi connectivity index (χ0n) is 11.4. The van der Waals surface area contributed by atoms with Gasteiger partial charge in [-0.15, -0.1) is 0 Å². The summed E-state index contributed by atoms with van der Waals surface area (Å²) in [6, 6.07) is 2.10. The number of likely N-dealkylation sites (tertiary alicyclic amines) is 1. The number of hydrogen-bond acceptors (Lipinski definition) is 3. The molecule has 0 amide bonds. The van der Waals surface area contributed by atoms with E-state index >= 15 is 0 Å². The fourth-order valence-corrected chi connectivity index (χ4v) is 2.87. The molecule has 1 saturated heterocycles. The van der Waals surface area contributed by atoms with Gasteiger partial charge in [0.1, 0.15) is 0 Å². The molecule has 5 heteroatoms. The molecule has 3 rings (SSSR count). The molecular weight excluding hydrogens is 238 g/mol. The molecule has 0 bridgehead atoms. The van der Waals surface area contributed by atoms with Crippen LogP contribution in [-0.2, 0) is 13.1 Å². The summed E-state index contributed by atoms with van der Waals surface area (Å²) in [7, 11) is 0. The van der Waals surface area contributed by atoms with Gasteiger partial charge in [-0.25, -0.2) is 0 Å². The van der Waals surface area contributed by atoms with Crippen LogP contribution in [-0.4, -0.2) is 38.0 Å². The van der Waals surface area contributed by atoms with Crippen LogP contribution in [0.4, 0.5) is 0 Å². The number of aryl methyl sites for hydroxylation is 1. The van der Waals surface area contributed by atoms with Crippen molar-refractivity contribution in [2.75, 3.05) is 13.1 Å². The minimum Gasteiger partial charge on any atom is -0.298 e. The SMILES string of the molecule is CCn1cc(CN2CCC[C@@H](c3ccn[nH]3)C2)cn1. The van der Waals surface area contributed by atoms with E-state index in [9.17, 15) is 0 Å². The Morgan fingerprint density at radius 1 is 1.47 bits per heavy atom. The summed E-state index contributed by atoms with van der Waals surface area (Å²) in [4.78, 5) is 2.52. The molecule has 3 heterocycles. The molecule has 0 radical (unpaired) electrons. The van der Waals surface area contributed by atoms with Crippen LogP contribution in [0.15, 0.2) is 24.7 Å². The summed E-state index contributed by atoms with van der Waals surface area (Å²) in [6.45, 7) is 6.36. The summed E-state index contributed by atoms with van der Waals surface area (Å²) >= 11 is 0. The van der Waals surface area contributed by atoms with E-state index in [1.165, 1.54) is 30.6 Å². The fourth-order valence-electron chi connectivity index (χ4n) is 2.87. The topological polar surface area (TPSA) is 49.7 Å². The van der Waals surface area contributed by atoms with Crippen LogP contribution >= 0.6 is 0 Å². The largest absolute Gasteiger partial charge is 0.298 e. The summed E-state index contributed by atoms with van der Waals surface area (Å²) in [5.74, 6) is 0.595. The van der Waals surface area contributed by atoms with Crippen molar-refractivity contribution >= 4 is 0 Å². The molecule has 0 saturated carbocycles. The lowest BCUT2D eigenvalue weighted by Crippen LogP contribution is -2.33. The quantitative estimate of drug-likeness (QED) is 0.913. The van der Waals surface area contributed by atoms with E-state index in [1.54, 1.807) is 0 Å². The highest BCUT2D eigenvalue weighted by Crippen LogP contribution is 2.26. The molecule has 102 valence electrons. The monoisotopic (exact) mass is 259 g/mol. The van der Waals surface area contributed by atoms with Gasteiger partial charge in [0.25, 0.3) is 0 Å². The zero-order valence-corrected chi connectivity index (χ0v) is 11.4. The number of H-pyrrole nitrogens is 1. The molecule has 1 N–H and O–H groups in total. The van der Waals surface area contributed by atoms with Gasteiger partial charge >= 0.3 is 0 Å². The van der Waals surface area contributed by atoms with E-state index in [4.69, 9.17) is 0 Å². The van der Waals surface area contributed by atoms with Crippen molar-refractivity contribution in [1.29, 1.82) is 0 Å². The number of piperidine rings is 1. The fraction of sp³-hybridized carbons (Fsp3) is 0.571. The average Bonchev–Trinajstić information content (AvgIpc) is 3.10. The Morgan fingerprint density at radius 3 is 3.16 bits per heavy atom. The van der Waals surface area contributed by atoms with E-state index in [-0.39, 0.29) is 0 Å². The van der Waals surface area contributed by atoms with Gasteiger partial charge < -0.3 is 0 Å². The molecular formula is C14H21N5. The minimum atomic E-state index is 0.595. The van der Waals surface area contributed by atoms with Crippen LogP contribution in [0.5, 0.6) is 0 Å². The average molecular weight is 259 g/mol. The van der Waals surface area contributed by atoms with Gasteiger partial charge in [-0.1, -0.05) is 0 Å². The van der Waals surface area contributed by atoms with Crippen molar-refractivity contribution in [2.45, 2.75) is 38.8 Å². The number of aromatic amines is 1. The first-order valence-corrected chi connectivity index (χ1v) is 7.08. The second-order valence-electron chi connectivity index (χ2n) is 5.29. The second-order valence-corrected chi connectivity index (χ2v) is 5.29. The Kier molecular flexibility index (Phi) is 3.64. The molecule has 1 atom stereocenters. The van der Waals surface area contributed by atoms with Crippen molar-refractivity contribution in [2.24, 2.45) is 0 Å². The number of nitrogens with one attached hydrogen (secondary N) is 1. The number of rotatable bonds is 4. The Balaban J connectivity index is 1.62. The molecule has 1 aliphatic heterocycles. The smallest absolute Gasteiger partial charge is 0.0534 e. The van der Waals surface area contributed by atoms with Gasteiger partial charge in [-0.05, 0) is 32.4 Å². The normalized spacial score (nSPS) is 20.8. The first kappa shape index (κ1) is 12.4. The first-order valence-electron chi connectivity index (χ1n) is 7.08. The molecule has 19 heavy (non-hydrogen) atoms. The maximum absolute atomic E-state index is 4.34. The molecule has 0 aliphatic carbocycles. The van der Waals surface area contributed by atoms with Crippen LogP contribution in [0.3, 0.4) is 0 Å². The first-order chi connectivity index (χ1) is 9.35. The van der Waals surface area contributed by atoms with E-state index in [0.29, 0.717) is 5.92 Å². The molecule has 1 fully saturated rings. The second kappa shape index (κ2) is 5.57. The molecule has 1 aliphatic rings. The molecule has 2 aromatic rings. The van der Waals surface area contributed by atoms with Gasteiger partial charge in [0.15, 0.2) is 0 Å². The number of aromatic nitrogens is 4. The third kappa shape index (κ3) is 2.87. The third-order valence-corrected chi connectivity index (χ3v) is 3.88. The van der Waals surface area contributed by atoms with Gasteiger partial charge in [-0.3, -0.25) is 14.7 Å². The van der Waals surface area contributed by atoms with Crippen molar-refractivity contribution < 1.29 is 0 Å². The van der Waals surface area contributed by atoms with Crippen molar-refractivity contribution in [3.8, 4) is 0 Å². The molecule has 5 nitrogen and oxygen atoms in total. The van der Waals surface area contributed by atoms with Gasteiger partial charge in [0.2, 0.25) is 0 Å². The maximum Gasteiger partial charge on any atom is 0.0534 e. The number of nitrogens with zero attached hydrogens (tertiary/aromatic N) is 4. The Bertz CT molecular complexity index is 502. The Labute approximate surface area is 113 Å². The predicted octanol–water partition coefficient (Wildman–Crippen LogP) is 2.01. The molecule has 0 aromatic carbocycles. The predicted molar refractivity (Wildman–Crippen MR) is 73.7 cm³/mol. The van der Waals surface area contributed by atoms with Crippen molar-refractivity contribution in [1.82, 2.24) is 24.9 Å². The van der Waals surface area contributed by atoms with E-state index in [1.807, 2.05) is 17.1 Å². The van der Waals surface area contributed by atoms with Crippen LogP contribution in [0.2, 0.25) is 0 Å². The van der Waals surface area contributed by atoms with E-state index in [0.717, 1.165) is 19.6 Å². The Hall–Kier alpha value is -1.62. The summed E-state index contributed by atoms with van der Waals surface area (Å²) in [5, 5.41) is 11.5. The highest BCUT2D eigenvalue weighted by atomic mass is 15.3. The molecule has 0 spiro atoms. The maximum atomic E-state index is 4.34. The van der Waals surface area contributed by atoms with Crippen LogP contribution in [0.25, 0.3) is 0 Å².